The van der Waals surface area contributed by atoms with Gasteiger partial charge in [0.1, 0.15) is 0 Å². The molecule has 0 fully saturated rings. The molecule has 66 valence electrons. The molecule has 0 saturated heterocycles. The predicted molar refractivity (Wildman–Crippen MR) is 52.9 cm³/mol. The number of aromatic nitrogens is 1. The van der Waals surface area contributed by atoms with Crippen LogP contribution >= 0.6 is 0 Å². The smallest absolute Gasteiger partial charge is 0.0375 e. The maximum atomic E-state index is 6.99. The van der Waals surface area contributed by atoms with Crippen molar-refractivity contribution in [2.24, 2.45) is 0 Å². The highest BCUT2D eigenvalue weighted by Crippen LogP contribution is 2.03. The second kappa shape index (κ2) is 5.47. The summed E-state index contributed by atoms with van der Waals surface area (Å²) >= 11 is 0. The Morgan fingerprint density at radius 3 is 2.33 bits per heavy atom. The van der Waals surface area contributed by atoms with Gasteiger partial charge in [-0.25, -0.2) is 0 Å². The van der Waals surface area contributed by atoms with E-state index in [1.165, 1.54) is 6.21 Å². The Kier molecular flexibility index (Phi) is 4.93. The zero-order valence-electron chi connectivity index (χ0n) is 8.18. The molecule has 0 aliphatic rings. The molecule has 0 unspecified atom stereocenters. The van der Waals surface area contributed by atoms with Gasteiger partial charge in [-0.05, 0) is 25.5 Å². The lowest BCUT2D eigenvalue weighted by Crippen LogP contribution is -1.89. The second-order valence-electron chi connectivity index (χ2n) is 2.33. The third-order valence-electron chi connectivity index (χ3n) is 1.44. The molecule has 0 aromatic carbocycles. The Labute approximate surface area is 74.2 Å². The average Bonchev–Trinajstić information content (AvgIpc) is 2.08. The minimum absolute atomic E-state index is 0.894. The molecule has 0 aliphatic heterocycles. The van der Waals surface area contributed by atoms with E-state index in [-0.39, 0.29) is 0 Å². The number of hydrogen-bond acceptors (Lipinski definition) is 2. The molecule has 1 rings (SSSR count). The van der Waals surface area contributed by atoms with E-state index < -0.39 is 0 Å². The van der Waals surface area contributed by atoms with E-state index in [1.54, 1.807) is 6.20 Å². The molecule has 1 N–H and O–H groups in total. The van der Waals surface area contributed by atoms with Gasteiger partial charge < -0.3 is 5.41 Å². The van der Waals surface area contributed by atoms with Crippen molar-refractivity contribution >= 4 is 6.21 Å². The first kappa shape index (κ1) is 10.8. The highest BCUT2D eigenvalue weighted by molar-refractivity contribution is 5.78. The Bertz CT molecular complexity index is 254. The minimum Gasteiger partial charge on any atom is -0.308 e. The first-order valence-corrected chi connectivity index (χ1v) is 4.18. The first-order valence-electron chi connectivity index (χ1n) is 4.18. The van der Waals surface area contributed by atoms with Crippen LogP contribution in [0.4, 0.5) is 0 Å². The van der Waals surface area contributed by atoms with Gasteiger partial charge in [-0.1, -0.05) is 13.8 Å². The van der Waals surface area contributed by atoms with Crippen LogP contribution in [0.1, 0.15) is 30.7 Å². The fraction of sp³-hybridized carbons (Fsp3) is 0.400. The van der Waals surface area contributed by atoms with Gasteiger partial charge in [-0.15, -0.1) is 0 Å². The van der Waals surface area contributed by atoms with Crippen LogP contribution in [0.3, 0.4) is 0 Å². The number of pyridine rings is 1. The molecule has 0 saturated carbocycles. The number of hydrogen-bond donors (Lipinski definition) is 1. The molecule has 1 aromatic rings. The van der Waals surface area contributed by atoms with Gasteiger partial charge in [0.25, 0.3) is 0 Å². The van der Waals surface area contributed by atoms with Crippen molar-refractivity contribution in [1.29, 1.82) is 5.41 Å². The molecule has 12 heavy (non-hydrogen) atoms. The lowest BCUT2D eigenvalue weighted by atomic mass is 10.1. The topological polar surface area (TPSA) is 36.7 Å². The van der Waals surface area contributed by atoms with Gasteiger partial charge >= 0.3 is 0 Å². The zero-order chi connectivity index (χ0) is 9.56. The summed E-state index contributed by atoms with van der Waals surface area (Å²) in [6, 6.07) is 1.97. The summed E-state index contributed by atoms with van der Waals surface area (Å²) in [7, 11) is 0. The molecule has 2 nitrogen and oxygen atoms in total. The SMILES string of the molecule is CC.Cc1cc(C)c(C=N)cn1. The molecular formula is C10H16N2. The number of nitrogens with one attached hydrogen (secondary N) is 1. The van der Waals surface area contributed by atoms with Crippen LogP contribution in [0, 0.1) is 19.3 Å². The van der Waals surface area contributed by atoms with Crippen molar-refractivity contribution in [2.75, 3.05) is 0 Å². The van der Waals surface area contributed by atoms with Crippen LogP contribution in [0.25, 0.3) is 0 Å². The monoisotopic (exact) mass is 164 g/mol. The van der Waals surface area contributed by atoms with Gasteiger partial charge in [-0.3, -0.25) is 4.98 Å². The van der Waals surface area contributed by atoms with Crippen LogP contribution in [0.15, 0.2) is 12.3 Å². The maximum Gasteiger partial charge on any atom is 0.0375 e. The van der Waals surface area contributed by atoms with Crippen LogP contribution in [0.2, 0.25) is 0 Å². The van der Waals surface area contributed by atoms with Gasteiger partial charge in [0.15, 0.2) is 0 Å². The number of nitrogens with zero attached hydrogens (tertiary/aromatic N) is 1. The van der Waals surface area contributed by atoms with Crippen LogP contribution < -0.4 is 0 Å². The van der Waals surface area contributed by atoms with Crippen molar-refractivity contribution in [1.82, 2.24) is 4.98 Å². The van der Waals surface area contributed by atoms with Gasteiger partial charge in [0, 0.05) is 23.7 Å². The maximum absolute atomic E-state index is 6.99. The zero-order valence-corrected chi connectivity index (χ0v) is 8.18. The summed E-state index contributed by atoms with van der Waals surface area (Å²) in [6.45, 7) is 7.93. The summed E-state index contributed by atoms with van der Waals surface area (Å²) in [4.78, 5) is 4.06. The first-order chi connectivity index (χ1) is 5.74. The van der Waals surface area contributed by atoms with Crippen LogP contribution in [-0.2, 0) is 0 Å². The molecule has 0 bridgehead atoms. The fourth-order valence-electron chi connectivity index (χ4n) is 0.858. The average molecular weight is 164 g/mol. The Morgan fingerprint density at radius 1 is 1.33 bits per heavy atom. The van der Waals surface area contributed by atoms with E-state index in [1.807, 2.05) is 33.8 Å². The summed E-state index contributed by atoms with van der Waals surface area (Å²) < 4.78 is 0. The number of rotatable bonds is 1. The van der Waals surface area contributed by atoms with E-state index in [0.717, 1.165) is 16.8 Å². The summed E-state index contributed by atoms with van der Waals surface area (Å²) in [5.74, 6) is 0. The Hall–Kier alpha value is -1.18. The fourth-order valence-corrected chi connectivity index (χ4v) is 0.858. The molecule has 0 amide bonds. The second-order valence-corrected chi connectivity index (χ2v) is 2.33. The molecule has 0 aliphatic carbocycles. The number of aryl methyl sites for hydroxylation is 2. The molecule has 0 spiro atoms. The Morgan fingerprint density at radius 2 is 1.92 bits per heavy atom. The van der Waals surface area contributed by atoms with E-state index in [4.69, 9.17) is 5.41 Å². The molecule has 1 aromatic heterocycles. The van der Waals surface area contributed by atoms with Gasteiger partial charge in [0.2, 0.25) is 0 Å². The van der Waals surface area contributed by atoms with Crippen molar-refractivity contribution in [3.8, 4) is 0 Å². The summed E-state index contributed by atoms with van der Waals surface area (Å²) in [5.41, 5.74) is 3.01. The quantitative estimate of drug-likeness (QED) is 0.636. The highest BCUT2D eigenvalue weighted by Gasteiger charge is 1.93. The molecule has 0 radical (unpaired) electrons. The van der Waals surface area contributed by atoms with Gasteiger partial charge in [-0.2, -0.15) is 0 Å². The summed E-state index contributed by atoms with van der Waals surface area (Å²) in [6.07, 6.45) is 3.04. The largest absolute Gasteiger partial charge is 0.308 e. The summed E-state index contributed by atoms with van der Waals surface area (Å²) in [5, 5.41) is 6.99. The van der Waals surface area contributed by atoms with Crippen molar-refractivity contribution < 1.29 is 0 Å². The highest BCUT2D eigenvalue weighted by atomic mass is 14.7. The molecule has 0 atom stereocenters. The van der Waals surface area contributed by atoms with E-state index in [2.05, 4.69) is 4.98 Å². The van der Waals surface area contributed by atoms with Gasteiger partial charge in [0.05, 0.1) is 0 Å². The predicted octanol–water partition coefficient (Wildman–Crippen LogP) is 2.72. The molecule has 2 heteroatoms. The van der Waals surface area contributed by atoms with E-state index in [9.17, 15) is 0 Å². The minimum atomic E-state index is 0.894. The lowest BCUT2D eigenvalue weighted by Gasteiger charge is -1.97. The lowest BCUT2D eigenvalue weighted by molar-refractivity contribution is 1.17. The molecule has 1 heterocycles. The van der Waals surface area contributed by atoms with Crippen LogP contribution in [0.5, 0.6) is 0 Å². The third-order valence-corrected chi connectivity index (χ3v) is 1.44. The van der Waals surface area contributed by atoms with Crippen LogP contribution in [-0.4, -0.2) is 11.2 Å². The van der Waals surface area contributed by atoms with Crippen molar-refractivity contribution in [3.63, 3.8) is 0 Å². The van der Waals surface area contributed by atoms with Crippen molar-refractivity contribution in [2.45, 2.75) is 27.7 Å². The Balaban J connectivity index is 0.000000561. The van der Waals surface area contributed by atoms with E-state index in [0.29, 0.717) is 0 Å². The molecular weight excluding hydrogens is 148 g/mol. The third kappa shape index (κ3) is 2.82. The normalized spacial score (nSPS) is 8.33. The van der Waals surface area contributed by atoms with E-state index >= 15 is 0 Å². The standard InChI is InChI=1S/C8H10N2.C2H6/c1-6-3-7(2)10-5-8(6)4-9;1-2/h3-5,9H,1-2H3;1-2H3. The van der Waals surface area contributed by atoms with Crippen molar-refractivity contribution in [3.05, 3.63) is 29.1 Å².